The maximum Gasteiger partial charge on any atom is 0.255 e. The third-order valence-corrected chi connectivity index (χ3v) is 4.74. The van der Waals surface area contributed by atoms with E-state index in [1.807, 2.05) is 65.8 Å². The molecule has 5 nitrogen and oxygen atoms in total. The molecule has 0 aliphatic heterocycles. The van der Waals surface area contributed by atoms with Crippen molar-refractivity contribution in [1.29, 1.82) is 0 Å². The van der Waals surface area contributed by atoms with Crippen LogP contribution in [0.25, 0.3) is 5.82 Å². The standard InChI is InChI=1S/C22H26N4O/c1-17-16-20(18(2)26(17)21-10-6-7-13-24-21)22(27)25(15-12-23)14-11-19-8-4-3-5-9-19/h3-10,13,16H,11-12,14-15,23H2,1-2H3. The molecule has 3 aromatic rings. The summed E-state index contributed by atoms with van der Waals surface area (Å²) in [5.74, 6) is 0.841. The smallest absolute Gasteiger partial charge is 0.255 e. The average Bonchev–Trinajstić information content (AvgIpc) is 3.00. The van der Waals surface area contributed by atoms with E-state index in [9.17, 15) is 4.79 Å². The molecule has 0 radical (unpaired) electrons. The first-order valence-corrected chi connectivity index (χ1v) is 9.25. The maximum atomic E-state index is 13.2. The Morgan fingerprint density at radius 3 is 2.48 bits per heavy atom. The highest BCUT2D eigenvalue weighted by atomic mass is 16.2. The number of aromatic nitrogens is 2. The van der Waals surface area contributed by atoms with Crippen LogP contribution in [0.15, 0.2) is 60.8 Å². The van der Waals surface area contributed by atoms with Gasteiger partial charge in [-0.2, -0.15) is 0 Å². The van der Waals surface area contributed by atoms with Crippen molar-refractivity contribution in [3.63, 3.8) is 0 Å². The molecule has 0 bridgehead atoms. The average molecular weight is 362 g/mol. The van der Waals surface area contributed by atoms with Crippen LogP contribution in [0, 0.1) is 13.8 Å². The Kier molecular flexibility index (Phi) is 6.04. The first kappa shape index (κ1) is 18.9. The van der Waals surface area contributed by atoms with E-state index in [1.54, 1.807) is 6.20 Å². The van der Waals surface area contributed by atoms with Crippen molar-refractivity contribution >= 4 is 5.91 Å². The molecule has 3 rings (SSSR count). The fourth-order valence-electron chi connectivity index (χ4n) is 3.37. The number of nitrogens with zero attached hydrogens (tertiary/aromatic N) is 3. The van der Waals surface area contributed by atoms with Gasteiger partial charge >= 0.3 is 0 Å². The Morgan fingerprint density at radius 2 is 1.81 bits per heavy atom. The lowest BCUT2D eigenvalue weighted by Crippen LogP contribution is -2.37. The number of benzene rings is 1. The fraction of sp³-hybridized carbons (Fsp3) is 0.273. The first-order valence-electron chi connectivity index (χ1n) is 9.25. The number of rotatable bonds is 7. The molecular formula is C22H26N4O. The van der Waals surface area contributed by atoms with Crippen LogP contribution in [0.1, 0.15) is 27.3 Å². The first-order chi connectivity index (χ1) is 13.1. The van der Waals surface area contributed by atoms with E-state index in [2.05, 4.69) is 17.1 Å². The molecule has 1 aromatic carbocycles. The lowest BCUT2D eigenvalue weighted by atomic mass is 10.1. The van der Waals surface area contributed by atoms with Crippen molar-refractivity contribution in [3.05, 3.63) is 83.3 Å². The lowest BCUT2D eigenvalue weighted by molar-refractivity contribution is 0.0761. The Hall–Kier alpha value is -2.92. The van der Waals surface area contributed by atoms with E-state index in [-0.39, 0.29) is 5.91 Å². The molecule has 2 heterocycles. The van der Waals surface area contributed by atoms with Gasteiger partial charge in [0.2, 0.25) is 0 Å². The van der Waals surface area contributed by atoms with E-state index in [0.29, 0.717) is 25.2 Å². The van der Waals surface area contributed by atoms with Crippen LogP contribution in [-0.4, -0.2) is 40.0 Å². The fourth-order valence-corrected chi connectivity index (χ4v) is 3.37. The van der Waals surface area contributed by atoms with Crippen molar-refractivity contribution in [2.24, 2.45) is 5.73 Å². The lowest BCUT2D eigenvalue weighted by Gasteiger charge is -2.22. The zero-order valence-corrected chi connectivity index (χ0v) is 15.9. The minimum atomic E-state index is 0.0201. The highest BCUT2D eigenvalue weighted by Crippen LogP contribution is 2.21. The van der Waals surface area contributed by atoms with Gasteiger partial charge in [-0.05, 0) is 44.0 Å². The molecule has 0 fully saturated rings. The molecular weight excluding hydrogens is 336 g/mol. The Morgan fingerprint density at radius 1 is 1.07 bits per heavy atom. The third-order valence-electron chi connectivity index (χ3n) is 4.74. The summed E-state index contributed by atoms with van der Waals surface area (Å²) in [6.45, 7) is 5.59. The Labute approximate surface area is 160 Å². The van der Waals surface area contributed by atoms with Crippen LogP contribution >= 0.6 is 0 Å². The van der Waals surface area contributed by atoms with Crippen LogP contribution in [0.4, 0.5) is 0 Å². The summed E-state index contributed by atoms with van der Waals surface area (Å²) in [5.41, 5.74) is 9.58. The van der Waals surface area contributed by atoms with Crippen molar-refractivity contribution < 1.29 is 4.79 Å². The van der Waals surface area contributed by atoms with Crippen LogP contribution in [0.2, 0.25) is 0 Å². The maximum absolute atomic E-state index is 13.2. The number of nitrogens with two attached hydrogens (primary N) is 1. The number of pyridine rings is 1. The van der Waals surface area contributed by atoms with Crippen LogP contribution < -0.4 is 5.73 Å². The van der Waals surface area contributed by atoms with E-state index in [1.165, 1.54) is 5.56 Å². The second kappa shape index (κ2) is 8.64. The molecule has 0 aliphatic carbocycles. The number of aryl methyl sites for hydroxylation is 1. The Bertz CT molecular complexity index is 887. The number of amides is 1. The zero-order chi connectivity index (χ0) is 19.2. The molecule has 0 aliphatic rings. The SMILES string of the molecule is Cc1cc(C(=O)N(CCN)CCc2ccccc2)c(C)n1-c1ccccn1. The van der Waals surface area contributed by atoms with Gasteiger partial charge in [0.05, 0.1) is 5.56 Å². The summed E-state index contributed by atoms with van der Waals surface area (Å²) in [6, 6.07) is 17.9. The van der Waals surface area contributed by atoms with Gasteiger partial charge in [0, 0.05) is 37.2 Å². The van der Waals surface area contributed by atoms with Gasteiger partial charge in [-0.25, -0.2) is 4.98 Å². The van der Waals surface area contributed by atoms with Gasteiger partial charge in [-0.1, -0.05) is 36.4 Å². The van der Waals surface area contributed by atoms with Gasteiger partial charge in [-0.3, -0.25) is 4.79 Å². The minimum Gasteiger partial charge on any atom is -0.337 e. The second-order valence-corrected chi connectivity index (χ2v) is 6.62. The molecule has 5 heteroatoms. The summed E-state index contributed by atoms with van der Waals surface area (Å²) in [4.78, 5) is 19.5. The monoisotopic (exact) mass is 362 g/mol. The summed E-state index contributed by atoms with van der Waals surface area (Å²) in [7, 11) is 0. The summed E-state index contributed by atoms with van der Waals surface area (Å²) in [5, 5.41) is 0. The number of hydrogen-bond donors (Lipinski definition) is 1. The predicted molar refractivity (Wildman–Crippen MR) is 108 cm³/mol. The summed E-state index contributed by atoms with van der Waals surface area (Å²) in [6.07, 6.45) is 2.57. The largest absolute Gasteiger partial charge is 0.337 e. The van der Waals surface area contributed by atoms with Crippen LogP contribution in [0.3, 0.4) is 0 Å². The molecule has 0 atom stereocenters. The van der Waals surface area contributed by atoms with Crippen molar-refractivity contribution in [3.8, 4) is 5.82 Å². The molecule has 1 amide bonds. The molecule has 2 aromatic heterocycles. The summed E-state index contributed by atoms with van der Waals surface area (Å²) < 4.78 is 2.02. The normalized spacial score (nSPS) is 10.8. The van der Waals surface area contributed by atoms with Gasteiger partial charge in [0.15, 0.2) is 0 Å². The minimum absolute atomic E-state index is 0.0201. The van der Waals surface area contributed by atoms with Crippen molar-refractivity contribution in [2.45, 2.75) is 20.3 Å². The third kappa shape index (κ3) is 4.26. The van der Waals surface area contributed by atoms with E-state index in [4.69, 9.17) is 5.73 Å². The van der Waals surface area contributed by atoms with Gasteiger partial charge in [0.1, 0.15) is 5.82 Å². The topological polar surface area (TPSA) is 64.2 Å². The van der Waals surface area contributed by atoms with E-state index < -0.39 is 0 Å². The van der Waals surface area contributed by atoms with E-state index >= 15 is 0 Å². The highest BCUT2D eigenvalue weighted by molar-refractivity contribution is 5.96. The van der Waals surface area contributed by atoms with Crippen LogP contribution in [-0.2, 0) is 6.42 Å². The second-order valence-electron chi connectivity index (χ2n) is 6.62. The molecule has 27 heavy (non-hydrogen) atoms. The number of hydrogen-bond acceptors (Lipinski definition) is 3. The predicted octanol–water partition coefficient (Wildman–Crippen LogP) is 3.13. The van der Waals surface area contributed by atoms with E-state index in [0.717, 1.165) is 23.6 Å². The van der Waals surface area contributed by atoms with Crippen LogP contribution in [0.5, 0.6) is 0 Å². The molecule has 0 saturated carbocycles. The highest BCUT2D eigenvalue weighted by Gasteiger charge is 2.21. The van der Waals surface area contributed by atoms with Gasteiger partial charge in [0.25, 0.3) is 5.91 Å². The van der Waals surface area contributed by atoms with Crippen molar-refractivity contribution in [2.75, 3.05) is 19.6 Å². The number of carbonyl (C=O) groups is 1. The van der Waals surface area contributed by atoms with Gasteiger partial charge < -0.3 is 15.2 Å². The molecule has 0 saturated heterocycles. The quantitative estimate of drug-likeness (QED) is 0.702. The van der Waals surface area contributed by atoms with Crippen molar-refractivity contribution in [1.82, 2.24) is 14.5 Å². The van der Waals surface area contributed by atoms with Gasteiger partial charge in [-0.15, -0.1) is 0 Å². The molecule has 0 unspecified atom stereocenters. The zero-order valence-electron chi connectivity index (χ0n) is 15.9. The molecule has 0 spiro atoms. The summed E-state index contributed by atoms with van der Waals surface area (Å²) >= 11 is 0. The molecule has 140 valence electrons. The number of carbonyl (C=O) groups excluding carboxylic acids is 1. The molecule has 2 N–H and O–H groups in total. The Balaban J connectivity index is 1.84.